The molecule has 0 radical (unpaired) electrons. The van der Waals surface area contributed by atoms with E-state index < -0.39 is 12.6 Å². The highest BCUT2D eigenvalue weighted by Crippen LogP contribution is 2.24. The second-order valence-corrected chi connectivity index (χ2v) is 4.64. The van der Waals surface area contributed by atoms with Crippen LogP contribution in [0.15, 0.2) is 0 Å². The van der Waals surface area contributed by atoms with Gasteiger partial charge in [0, 0.05) is 17.8 Å². The van der Waals surface area contributed by atoms with Crippen LogP contribution in [0.2, 0.25) is 0 Å². The number of hydrogen-bond acceptors (Lipinski definition) is 1. The van der Waals surface area contributed by atoms with Crippen LogP contribution in [0.25, 0.3) is 0 Å². The minimum absolute atomic E-state index is 0.0876. The number of halogens is 4. The average molecular weight is 244 g/mol. The van der Waals surface area contributed by atoms with Crippen molar-refractivity contribution >= 4 is 11.6 Å². The molecule has 1 nitrogen and oxygen atoms in total. The Morgan fingerprint density at radius 2 is 1.87 bits per heavy atom. The number of hydrogen-bond donors (Lipinski definition) is 1. The maximum atomic E-state index is 11.8. The largest absolute Gasteiger partial charge is 0.389 e. The summed E-state index contributed by atoms with van der Waals surface area (Å²) in [4.78, 5) is 0. The molecule has 0 heterocycles. The molecule has 1 fully saturated rings. The molecule has 0 aromatic carbocycles. The third kappa shape index (κ3) is 5.61. The molecule has 0 spiro atoms. The van der Waals surface area contributed by atoms with E-state index in [-0.39, 0.29) is 17.8 Å². The van der Waals surface area contributed by atoms with Crippen molar-refractivity contribution in [2.24, 2.45) is 0 Å². The highest BCUT2D eigenvalue weighted by atomic mass is 35.5. The van der Waals surface area contributed by atoms with Gasteiger partial charge in [-0.15, -0.1) is 11.6 Å². The van der Waals surface area contributed by atoms with E-state index >= 15 is 0 Å². The Morgan fingerprint density at radius 1 is 1.20 bits per heavy atom. The lowest BCUT2D eigenvalue weighted by Gasteiger charge is -2.28. The molecular weight excluding hydrogens is 227 g/mol. The fourth-order valence-corrected chi connectivity index (χ4v) is 2.26. The first kappa shape index (κ1) is 13.1. The van der Waals surface area contributed by atoms with Gasteiger partial charge in [0.25, 0.3) is 0 Å². The fraction of sp³-hybridized carbons (Fsp3) is 1.00. The molecule has 1 aliphatic carbocycles. The molecule has 1 N–H and O–H groups in total. The van der Waals surface area contributed by atoms with Gasteiger partial charge in [-0.3, -0.25) is 0 Å². The molecule has 0 saturated heterocycles. The summed E-state index contributed by atoms with van der Waals surface area (Å²) in [7, 11) is 0. The van der Waals surface area contributed by atoms with Gasteiger partial charge in [0.1, 0.15) is 0 Å². The van der Waals surface area contributed by atoms with Crippen LogP contribution < -0.4 is 5.32 Å². The Hall–Kier alpha value is 0.0400. The summed E-state index contributed by atoms with van der Waals surface area (Å²) in [5, 5.41) is 3.20. The van der Waals surface area contributed by atoms with Crippen molar-refractivity contribution < 1.29 is 13.2 Å². The van der Waals surface area contributed by atoms with Crippen LogP contribution in [0.4, 0.5) is 13.2 Å². The molecule has 0 aliphatic heterocycles. The molecule has 2 unspecified atom stereocenters. The highest BCUT2D eigenvalue weighted by Gasteiger charge is 2.27. The first-order chi connectivity index (χ1) is 6.99. The molecule has 0 bridgehead atoms. The van der Waals surface area contributed by atoms with Gasteiger partial charge >= 0.3 is 6.18 Å². The van der Waals surface area contributed by atoms with Gasteiger partial charge in [-0.25, -0.2) is 0 Å². The van der Waals surface area contributed by atoms with Gasteiger partial charge in [0.15, 0.2) is 0 Å². The Morgan fingerprint density at radius 3 is 2.47 bits per heavy atom. The van der Waals surface area contributed by atoms with Crippen molar-refractivity contribution in [2.75, 3.05) is 6.54 Å². The first-order valence-corrected chi connectivity index (χ1v) is 5.87. The molecular formula is C10H17ClF3N. The third-order valence-electron chi connectivity index (χ3n) is 2.73. The Bertz CT molecular complexity index is 184. The minimum atomic E-state index is -4.03. The van der Waals surface area contributed by atoms with E-state index in [1.807, 2.05) is 0 Å². The summed E-state index contributed by atoms with van der Waals surface area (Å²) in [6.45, 7) is 0.410. The van der Waals surface area contributed by atoms with Gasteiger partial charge in [0.05, 0.1) is 0 Å². The summed E-state index contributed by atoms with van der Waals surface area (Å²) in [6, 6.07) is 0.202. The predicted octanol–water partition coefficient (Wildman–Crippen LogP) is 3.47. The maximum Gasteiger partial charge on any atom is 0.389 e. The molecule has 1 rings (SSSR count). The van der Waals surface area contributed by atoms with Crippen LogP contribution >= 0.6 is 11.6 Å². The van der Waals surface area contributed by atoms with E-state index in [1.165, 1.54) is 0 Å². The Labute approximate surface area is 93.4 Å². The topological polar surface area (TPSA) is 12.0 Å². The van der Waals surface area contributed by atoms with E-state index in [2.05, 4.69) is 5.32 Å². The second kappa shape index (κ2) is 5.94. The monoisotopic (exact) mass is 243 g/mol. The van der Waals surface area contributed by atoms with E-state index in [4.69, 9.17) is 11.6 Å². The van der Waals surface area contributed by atoms with Crippen molar-refractivity contribution in [3.63, 3.8) is 0 Å². The lowest BCUT2D eigenvalue weighted by Crippen LogP contribution is -2.39. The van der Waals surface area contributed by atoms with E-state index in [0.717, 1.165) is 25.7 Å². The Balaban J connectivity index is 2.08. The van der Waals surface area contributed by atoms with Gasteiger partial charge < -0.3 is 5.32 Å². The number of nitrogens with one attached hydrogen (secondary N) is 1. The second-order valence-electron chi connectivity index (χ2n) is 4.08. The number of rotatable bonds is 4. The predicted molar refractivity (Wildman–Crippen MR) is 55.2 cm³/mol. The van der Waals surface area contributed by atoms with Crippen LogP contribution in [0.3, 0.4) is 0 Å². The van der Waals surface area contributed by atoms with E-state index in [0.29, 0.717) is 6.54 Å². The van der Waals surface area contributed by atoms with Gasteiger partial charge in [-0.05, 0) is 25.8 Å². The normalized spacial score (nSPS) is 28.0. The summed E-state index contributed by atoms with van der Waals surface area (Å²) in [5.41, 5.74) is 0. The molecule has 0 aromatic heterocycles. The van der Waals surface area contributed by atoms with Gasteiger partial charge in [-0.2, -0.15) is 13.2 Å². The molecule has 5 heteroatoms. The highest BCUT2D eigenvalue weighted by molar-refractivity contribution is 6.21. The van der Waals surface area contributed by atoms with Crippen LogP contribution in [-0.4, -0.2) is 24.1 Å². The van der Waals surface area contributed by atoms with Crippen LogP contribution in [-0.2, 0) is 0 Å². The van der Waals surface area contributed by atoms with Gasteiger partial charge in [-0.1, -0.05) is 12.8 Å². The Kier molecular flexibility index (Phi) is 5.19. The average Bonchev–Trinajstić information content (AvgIpc) is 2.13. The maximum absolute atomic E-state index is 11.8. The van der Waals surface area contributed by atoms with Gasteiger partial charge in [0.2, 0.25) is 0 Å². The van der Waals surface area contributed by atoms with Crippen molar-refractivity contribution in [2.45, 2.75) is 56.1 Å². The molecule has 1 saturated carbocycles. The quantitative estimate of drug-likeness (QED) is 0.589. The van der Waals surface area contributed by atoms with Crippen molar-refractivity contribution in [1.82, 2.24) is 5.32 Å². The van der Waals surface area contributed by atoms with Crippen molar-refractivity contribution in [3.05, 3.63) is 0 Å². The summed E-state index contributed by atoms with van der Waals surface area (Å²) >= 11 is 6.07. The molecule has 1 aliphatic rings. The molecule has 15 heavy (non-hydrogen) atoms. The number of alkyl halides is 4. The zero-order valence-electron chi connectivity index (χ0n) is 8.62. The summed E-state index contributed by atoms with van der Waals surface area (Å²) < 4.78 is 35.5. The summed E-state index contributed by atoms with van der Waals surface area (Å²) in [6.07, 6.45) is -0.383. The SMILES string of the molecule is FC(F)(F)CCCNC1CCCCC1Cl. The zero-order chi connectivity index (χ0) is 11.3. The van der Waals surface area contributed by atoms with E-state index in [9.17, 15) is 13.2 Å². The van der Waals surface area contributed by atoms with Crippen LogP contribution in [0, 0.1) is 0 Å². The zero-order valence-corrected chi connectivity index (χ0v) is 9.37. The van der Waals surface area contributed by atoms with Crippen molar-refractivity contribution in [3.8, 4) is 0 Å². The molecule has 90 valence electrons. The smallest absolute Gasteiger partial charge is 0.313 e. The van der Waals surface area contributed by atoms with E-state index in [1.54, 1.807) is 0 Å². The van der Waals surface area contributed by atoms with Crippen LogP contribution in [0.5, 0.6) is 0 Å². The summed E-state index contributed by atoms with van der Waals surface area (Å²) in [5.74, 6) is 0. The lowest BCUT2D eigenvalue weighted by atomic mass is 9.95. The third-order valence-corrected chi connectivity index (χ3v) is 3.25. The lowest BCUT2D eigenvalue weighted by molar-refractivity contribution is -0.135. The molecule has 2 atom stereocenters. The van der Waals surface area contributed by atoms with Crippen LogP contribution in [0.1, 0.15) is 38.5 Å². The fourth-order valence-electron chi connectivity index (χ4n) is 1.89. The minimum Gasteiger partial charge on any atom is -0.313 e. The first-order valence-electron chi connectivity index (χ1n) is 5.43. The molecule has 0 amide bonds. The molecule has 0 aromatic rings. The standard InChI is InChI=1S/C10H17ClF3N/c11-8-4-1-2-5-9(8)15-7-3-6-10(12,13)14/h8-9,15H,1-7H2. The van der Waals surface area contributed by atoms with Crippen molar-refractivity contribution in [1.29, 1.82) is 0 Å².